The molecule has 0 bridgehead atoms. The average Bonchev–Trinajstić information content (AvgIpc) is 3.18. The summed E-state index contributed by atoms with van der Waals surface area (Å²) >= 11 is 0. The summed E-state index contributed by atoms with van der Waals surface area (Å²) in [6, 6.07) is 40.8. The van der Waals surface area contributed by atoms with Crippen LogP contribution in [0.2, 0.25) is 0 Å². The van der Waals surface area contributed by atoms with E-state index in [1.165, 1.54) is 17.7 Å². The van der Waals surface area contributed by atoms with Crippen molar-refractivity contribution in [3.05, 3.63) is 172 Å². The lowest BCUT2D eigenvalue weighted by atomic mass is 9.90. The van der Waals surface area contributed by atoms with E-state index in [0.717, 1.165) is 39.9 Å². The van der Waals surface area contributed by atoms with Gasteiger partial charge in [-0.3, -0.25) is 9.69 Å². The second kappa shape index (κ2) is 18.1. The molecular weight excluding hydrogens is 699 g/mol. The Morgan fingerprint density at radius 1 is 0.759 bits per heavy atom. The van der Waals surface area contributed by atoms with Crippen LogP contribution in [-0.2, 0) is 50.4 Å². The smallest absolute Gasteiger partial charge is 0.241 e. The molecule has 1 saturated heterocycles. The Hall–Kier alpha value is -4.68. The third-order valence-electron chi connectivity index (χ3n) is 9.86. The number of aryl methyl sites for hydroxylation is 1. The van der Waals surface area contributed by atoms with Crippen LogP contribution in [0.1, 0.15) is 58.3 Å². The summed E-state index contributed by atoms with van der Waals surface area (Å²) in [5.74, 6) is -0.384. The monoisotopic (exact) mass is 747 g/mol. The summed E-state index contributed by atoms with van der Waals surface area (Å²) in [5, 5.41) is 12.6. The molecule has 5 aromatic carbocycles. The number of likely N-dealkylation sites (N-methyl/N-ethyl adjacent to an activating group) is 1. The first-order valence-electron chi connectivity index (χ1n) is 18.3. The first-order chi connectivity index (χ1) is 26.1. The molecule has 6 rings (SSSR count). The molecule has 1 heterocycles. The molecule has 282 valence electrons. The van der Waals surface area contributed by atoms with Crippen LogP contribution in [0.5, 0.6) is 0 Å². The third kappa shape index (κ3) is 10.3. The number of carbonyl (C=O) groups is 1. The second-order valence-corrected chi connectivity index (χ2v) is 15.9. The van der Waals surface area contributed by atoms with Gasteiger partial charge in [0.2, 0.25) is 15.9 Å². The van der Waals surface area contributed by atoms with E-state index in [2.05, 4.69) is 41.0 Å². The Morgan fingerprint density at radius 3 is 1.98 bits per heavy atom. The average molecular weight is 748 g/mol. The summed E-state index contributed by atoms with van der Waals surface area (Å²) in [7, 11) is -1.86. The standard InChI is InChI=1S/C44H49N3O6S/c1-31-14-24-39(25-15-31)54(50,51)46-40(26-33-10-6-4-7-11-33)43(49)45-27-34-16-22-38(23-17-34)44-52-41(29-47(3)28-35-12-8-5-9-13-35)32(2)42(53-44)37-20-18-36(30-48)19-21-37/h4-25,32,40-42,44,46,48H,26-30H2,1-3H3,(H,45,49). The van der Waals surface area contributed by atoms with Gasteiger partial charge in [-0.2, -0.15) is 4.72 Å². The van der Waals surface area contributed by atoms with E-state index >= 15 is 0 Å². The molecule has 54 heavy (non-hydrogen) atoms. The summed E-state index contributed by atoms with van der Waals surface area (Å²) < 4.78 is 42.6. The SMILES string of the molecule is Cc1ccc(S(=O)(=O)NC(Cc2ccccc2)C(=O)NCc2ccc(C3OC(CN(C)Cc4ccccc4)C(C)C(c4ccc(CO)cc4)O3)cc2)cc1. The highest BCUT2D eigenvalue weighted by Crippen LogP contribution is 2.42. The predicted octanol–water partition coefficient (Wildman–Crippen LogP) is 6.62. The van der Waals surface area contributed by atoms with Gasteiger partial charge >= 0.3 is 0 Å². The molecule has 1 aliphatic rings. The fraction of sp³-hybridized carbons (Fsp3) is 0.295. The number of amides is 1. The van der Waals surface area contributed by atoms with Crippen molar-refractivity contribution < 1.29 is 27.8 Å². The lowest BCUT2D eigenvalue weighted by molar-refractivity contribution is -0.276. The van der Waals surface area contributed by atoms with E-state index in [4.69, 9.17) is 9.47 Å². The Kier molecular flexibility index (Phi) is 13.1. The molecule has 0 aliphatic carbocycles. The highest BCUT2D eigenvalue weighted by atomic mass is 32.2. The number of nitrogens with zero attached hydrogens (tertiary/aromatic N) is 1. The molecule has 0 saturated carbocycles. The molecule has 0 radical (unpaired) electrons. The molecule has 3 N–H and O–H groups in total. The number of benzene rings is 5. The number of rotatable bonds is 15. The zero-order valence-electron chi connectivity index (χ0n) is 31.0. The van der Waals surface area contributed by atoms with Gasteiger partial charge in [0.1, 0.15) is 6.04 Å². The number of nitrogens with one attached hydrogen (secondary N) is 2. The minimum absolute atomic E-state index is 0.0243. The minimum atomic E-state index is -3.96. The van der Waals surface area contributed by atoms with Crippen LogP contribution < -0.4 is 10.0 Å². The van der Waals surface area contributed by atoms with E-state index in [-0.39, 0.29) is 42.6 Å². The van der Waals surface area contributed by atoms with Crippen molar-refractivity contribution in [2.45, 2.75) is 69.4 Å². The predicted molar refractivity (Wildman–Crippen MR) is 209 cm³/mol. The molecular formula is C44H49N3O6S. The van der Waals surface area contributed by atoms with Gasteiger partial charge in [0, 0.05) is 31.1 Å². The molecule has 1 aliphatic heterocycles. The van der Waals surface area contributed by atoms with Crippen LogP contribution in [0.15, 0.2) is 138 Å². The summed E-state index contributed by atoms with van der Waals surface area (Å²) in [6.45, 7) is 5.70. The normalized spacial score (nSPS) is 19.4. The quantitative estimate of drug-likeness (QED) is 0.110. The molecule has 1 fully saturated rings. The topological polar surface area (TPSA) is 117 Å². The maximum atomic E-state index is 13.6. The maximum Gasteiger partial charge on any atom is 0.241 e. The minimum Gasteiger partial charge on any atom is -0.392 e. The van der Waals surface area contributed by atoms with Crippen LogP contribution >= 0.6 is 0 Å². The van der Waals surface area contributed by atoms with Crippen LogP contribution in [-0.4, -0.2) is 50.1 Å². The van der Waals surface area contributed by atoms with E-state index in [0.29, 0.717) is 6.54 Å². The first-order valence-corrected chi connectivity index (χ1v) is 19.8. The zero-order valence-corrected chi connectivity index (χ0v) is 31.8. The molecule has 9 nitrogen and oxygen atoms in total. The lowest BCUT2D eigenvalue weighted by Gasteiger charge is -2.42. The van der Waals surface area contributed by atoms with Gasteiger partial charge < -0.3 is 19.9 Å². The van der Waals surface area contributed by atoms with E-state index < -0.39 is 28.3 Å². The Morgan fingerprint density at radius 2 is 1.35 bits per heavy atom. The van der Waals surface area contributed by atoms with Crippen molar-refractivity contribution in [2.75, 3.05) is 13.6 Å². The maximum absolute atomic E-state index is 13.6. The molecule has 5 aromatic rings. The fourth-order valence-electron chi connectivity index (χ4n) is 6.71. The Labute approximate surface area is 319 Å². The van der Waals surface area contributed by atoms with E-state index in [1.54, 1.807) is 12.1 Å². The van der Waals surface area contributed by atoms with E-state index in [9.17, 15) is 18.3 Å². The molecule has 1 amide bonds. The van der Waals surface area contributed by atoms with Gasteiger partial charge in [0.05, 0.1) is 23.7 Å². The Bertz CT molecular complexity index is 2040. The van der Waals surface area contributed by atoms with Gasteiger partial charge in [-0.05, 0) is 60.3 Å². The van der Waals surface area contributed by atoms with Crippen LogP contribution in [0.25, 0.3) is 0 Å². The van der Waals surface area contributed by atoms with Gasteiger partial charge in [-0.1, -0.05) is 134 Å². The number of carbonyl (C=O) groups excluding carboxylic acids is 1. The van der Waals surface area contributed by atoms with Crippen molar-refractivity contribution in [2.24, 2.45) is 5.92 Å². The van der Waals surface area contributed by atoms with Gasteiger partial charge in [-0.15, -0.1) is 0 Å². The second-order valence-electron chi connectivity index (χ2n) is 14.1. The van der Waals surface area contributed by atoms with Gasteiger partial charge in [0.15, 0.2) is 6.29 Å². The van der Waals surface area contributed by atoms with Crippen LogP contribution in [0, 0.1) is 12.8 Å². The fourth-order valence-corrected chi connectivity index (χ4v) is 7.91. The highest BCUT2D eigenvalue weighted by Gasteiger charge is 2.39. The number of aliphatic hydroxyl groups is 1. The van der Waals surface area contributed by atoms with Crippen LogP contribution in [0.3, 0.4) is 0 Å². The molecule has 0 aromatic heterocycles. The van der Waals surface area contributed by atoms with E-state index in [1.807, 2.05) is 104 Å². The van der Waals surface area contributed by atoms with Crippen molar-refractivity contribution in [3.63, 3.8) is 0 Å². The van der Waals surface area contributed by atoms with Crippen molar-refractivity contribution in [1.82, 2.24) is 14.9 Å². The van der Waals surface area contributed by atoms with Crippen molar-refractivity contribution in [1.29, 1.82) is 0 Å². The largest absolute Gasteiger partial charge is 0.392 e. The Balaban J connectivity index is 1.15. The van der Waals surface area contributed by atoms with Gasteiger partial charge in [-0.25, -0.2) is 8.42 Å². The number of ether oxygens (including phenoxy) is 2. The lowest BCUT2D eigenvalue weighted by Crippen LogP contribution is -2.47. The number of hydrogen-bond acceptors (Lipinski definition) is 7. The van der Waals surface area contributed by atoms with Gasteiger partial charge in [0.25, 0.3) is 0 Å². The zero-order chi connectivity index (χ0) is 38.1. The number of sulfonamides is 1. The molecule has 5 atom stereocenters. The summed E-state index contributed by atoms with van der Waals surface area (Å²) in [6.07, 6.45) is -0.814. The summed E-state index contributed by atoms with van der Waals surface area (Å²) in [4.78, 5) is 16.0. The highest BCUT2D eigenvalue weighted by molar-refractivity contribution is 7.89. The number of hydrogen-bond donors (Lipinski definition) is 3. The number of aliphatic hydroxyl groups excluding tert-OH is 1. The first kappa shape index (κ1) is 39.0. The van der Waals surface area contributed by atoms with Crippen molar-refractivity contribution >= 4 is 15.9 Å². The molecule has 0 spiro atoms. The molecule has 10 heteroatoms. The third-order valence-corrected chi connectivity index (χ3v) is 11.3. The van der Waals surface area contributed by atoms with Crippen LogP contribution in [0.4, 0.5) is 0 Å². The van der Waals surface area contributed by atoms with Crippen molar-refractivity contribution in [3.8, 4) is 0 Å². The molecule has 5 unspecified atom stereocenters. The summed E-state index contributed by atoms with van der Waals surface area (Å²) in [5.41, 5.74) is 6.55.